The van der Waals surface area contributed by atoms with Gasteiger partial charge in [0.2, 0.25) is 17.8 Å². The second-order valence-electron chi connectivity index (χ2n) is 37.8. The number of anilines is 12. The van der Waals surface area contributed by atoms with Crippen LogP contribution >= 0.6 is 0 Å². The maximum atomic E-state index is 4.73. The van der Waals surface area contributed by atoms with Gasteiger partial charge in [-0.2, -0.15) is 0 Å². The molecule has 24 aromatic rings. The van der Waals surface area contributed by atoms with Crippen molar-refractivity contribution in [2.45, 2.75) is 36.6 Å². The van der Waals surface area contributed by atoms with E-state index in [1.165, 1.54) is 146 Å². The number of hydrogen-bond donors (Lipinski definition) is 0. The minimum atomic E-state index is -0.0280. The quantitative estimate of drug-likeness (QED) is 0.140. The Bertz CT molecular complexity index is 8310. The molecule has 696 valence electrons. The Morgan fingerprint density at radius 1 is 0.150 bits per heavy atom. The molecule has 0 saturated carbocycles. The van der Waals surface area contributed by atoms with Gasteiger partial charge < -0.3 is 24.2 Å². The van der Waals surface area contributed by atoms with Gasteiger partial charge in [-0.05, 0) is 137 Å². The molecule has 24 nitrogen and oxygen atoms in total. The zero-order valence-electron chi connectivity index (χ0n) is 78.7. The number of benzene rings is 15. The highest BCUT2D eigenvalue weighted by molar-refractivity contribution is 5.97. The van der Waals surface area contributed by atoms with Crippen LogP contribution in [0.15, 0.2) is 476 Å². The number of rotatable bonds is 0. The summed E-state index contributed by atoms with van der Waals surface area (Å²) in [6.45, 7) is 0. The van der Waals surface area contributed by atoms with Crippen molar-refractivity contribution in [1.29, 1.82) is 0 Å². The smallest absolute Gasteiger partial charge is 0.217 e. The van der Waals surface area contributed by atoms with Gasteiger partial charge in [0.05, 0.1) is 97.4 Å². The predicted octanol–water partition coefficient (Wildman–Crippen LogP) is 26.5. The first-order chi connectivity index (χ1) is 73.1. The number of para-hydroxylation sites is 15. The highest BCUT2D eigenvalue weighted by Gasteiger charge is 2.48. The first-order valence-electron chi connectivity index (χ1n) is 49.5. The molecule has 147 heavy (non-hydrogen) atoms. The lowest BCUT2D eigenvalue weighted by Crippen LogP contribution is -2.40. The van der Waals surface area contributed by atoms with E-state index in [0.717, 1.165) is 75.3 Å². The van der Waals surface area contributed by atoms with Crippen LogP contribution in [-0.2, 0) is 0 Å². The summed E-state index contributed by atoms with van der Waals surface area (Å²) in [5.74, 6) is 8.86. The molecule has 9 aromatic heterocycles. The lowest BCUT2D eigenvalue weighted by atomic mass is 9.83. The van der Waals surface area contributed by atoms with Gasteiger partial charge >= 0.3 is 0 Å². The molecule has 0 bridgehead atoms. The van der Waals surface area contributed by atoms with Crippen molar-refractivity contribution in [2.24, 2.45) is 0 Å². The average Bonchev–Trinajstić information content (AvgIpc) is 1.71. The van der Waals surface area contributed by atoms with E-state index in [-0.39, 0.29) is 36.6 Å². The van der Waals surface area contributed by atoms with E-state index in [9.17, 15) is 0 Å². The van der Waals surface area contributed by atoms with Crippen molar-refractivity contribution in [3.8, 4) is 102 Å². The van der Waals surface area contributed by atoms with E-state index < -0.39 is 0 Å². The van der Waals surface area contributed by atoms with Crippen LogP contribution in [0, 0.1) is 0 Å². The van der Waals surface area contributed by atoms with Crippen molar-refractivity contribution in [2.75, 3.05) is 29.4 Å². The fourth-order valence-corrected chi connectivity index (χ4v) is 24.7. The van der Waals surface area contributed by atoms with E-state index in [0.29, 0.717) is 0 Å². The molecule has 12 aliphatic heterocycles. The molecule has 0 aliphatic carbocycles. The Morgan fingerprint density at radius 2 is 0.401 bits per heavy atom. The summed E-state index contributed by atoms with van der Waals surface area (Å²) in [4.78, 5) is 56.1. The normalized spacial score (nSPS) is 15.4. The Hall–Kier alpha value is -20.0. The highest BCUT2D eigenvalue weighted by Crippen LogP contribution is 2.61. The molecular weight excluding hydrogens is 1810 g/mol. The van der Waals surface area contributed by atoms with Gasteiger partial charge in [0.25, 0.3) is 0 Å². The number of fused-ring (bicyclic) bond motifs is 66. The molecule has 0 N–H and O–H groups in total. The van der Waals surface area contributed by atoms with Crippen LogP contribution in [-0.4, -0.2) is 86.0 Å². The lowest BCUT2D eigenvalue weighted by Gasteiger charge is -2.44. The van der Waals surface area contributed by atoms with Gasteiger partial charge in [-0.25, -0.2) is 44.9 Å². The molecule has 0 saturated heterocycles. The minimum absolute atomic E-state index is 0.0233. The molecule has 0 spiro atoms. The van der Waals surface area contributed by atoms with Crippen LogP contribution in [0.25, 0.3) is 102 Å². The molecule has 0 amide bonds. The SMILES string of the molecule is c1ccc2c(c1)-c1ccccc1N1c3ccccc3-c3nccn3C21.c1ccc2c(c1)-c1ccccc1N1c3ccccc3-n3ccnc3C21.c1ccc2c(c1)-c1ccccc1N1c3nccn3-c3ccccc3C21.c1ccc2c(c1)-c1nccn1C1N2c2ccccc2-c2nccn21.c1ccc2c(c1)C1c3ccccc3-n3ccnc3N1c1nccn1-2.c1ccc2c(c1)N1c3ccccc3-n3ccnc3C1c1nccn1-2. The minimum Gasteiger partial charge on any atom is -0.324 e. The molecule has 12 aliphatic rings. The molecular formula is C123H84N24. The number of aromatic nitrogens is 18. The van der Waals surface area contributed by atoms with Crippen LogP contribution in [0.1, 0.15) is 87.5 Å². The molecule has 36 rings (SSSR count). The number of nitrogens with zero attached hydrogens (tertiary/aromatic N) is 24. The summed E-state index contributed by atoms with van der Waals surface area (Å²) in [5.41, 5.74) is 36.9. The zero-order chi connectivity index (χ0) is 96.2. The van der Waals surface area contributed by atoms with Crippen molar-refractivity contribution in [3.63, 3.8) is 0 Å². The monoisotopic (exact) mass is 1900 g/mol. The third-order valence-electron chi connectivity index (χ3n) is 30.5. The largest absolute Gasteiger partial charge is 0.324 e. The van der Waals surface area contributed by atoms with Crippen LogP contribution in [0.4, 0.5) is 69.0 Å². The fraction of sp³-hybridized carbons (Fsp3) is 0.0488. The van der Waals surface area contributed by atoms with Gasteiger partial charge in [-0.3, -0.25) is 46.3 Å². The van der Waals surface area contributed by atoms with Crippen LogP contribution < -0.4 is 29.4 Å². The molecule has 21 heterocycles. The van der Waals surface area contributed by atoms with Crippen molar-refractivity contribution >= 4 is 69.0 Å². The number of hydrogen-bond acceptors (Lipinski definition) is 15. The second kappa shape index (κ2) is 32.3. The highest BCUT2D eigenvalue weighted by atomic mass is 15.5. The van der Waals surface area contributed by atoms with Crippen LogP contribution in [0.3, 0.4) is 0 Å². The molecule has 15 aromatic carbocycles. The summed E-state index contributed by atoms with van der Waals surface area (Å²) in [6, 6.07) is 129. The van der Waals surface area contributed by atoms with Gasteiger partial charge in [-0.15, -0.1) is 0 Å². The number of imidazole rings is 9. The van der Waals surface area contributed by atoms with E-state index in [1.54, 1.807) is 0 Å². The third-order valence-corrected chi connectivity index (χ3v) is 30.5. The molecule has 0 fully saturated rings. The van der Waals surface area contributed by atoms with Gasteiger partial charge in [0.1, 0.15) is 47.2 Å². The molecule has 3 atom stereocenters. The summed E-state index contributed by atoms with van der Waals surface area (Å²) in [6.07, 6.45) is 35.3. The van der Waals surface area contributed by atoms with E-state index in [2.05, 4.69) is 482 Å². The maximum Gasteiger partial charge on any atom is 0.217 e. The first-order valence-corrected chi connectivity index (χ1v) is 49.5. The van der Waals surface area contributed by atoms with Crippen LogP contribution in [0.2, 0.25) is 0 Å². The lowest BCUT2D eigenvalue weighted by molar-refractivity contribution is 0.431. The predicted molar refractivity (Wildman–Crippen MR) is 573 cm³/mol. The summed E-state index contributed by atoms with van der Waals surface area (Å²) < 4.78 is 19.7. The van der Waals surface area contributed by atoms with Gasteiger partial charge in [0.15, 0.2) is 12.3 Å². The summed E-state index contributed by atoms with van der Waals surface area (Å²) >= 11 is 0. The molecule has 0 radical (unpaired) electrons. The first kappa shape index (κ1) is 81.8. The topological polar surface area (TPSA) is 180 Å². The Kier molecular flexibility index (Phi) is 18.0. The summed E-state index contributed by atoms with van der Waals surface area (Å²) in [7, 11) is 0. The third kappa shape index (κ3) is 11.9. The van der Waals surface area contributed by atoms with Gasteiger partial charge in [0, 0.05) is 167 Å². The Labute approximate surface area is 843 Å². The summed E-state index contributed by atoms with van der Waals surface area (Å²) in [5, 5.41) is 0. The second-order valence-corrected chi connectivity index (χ2v) is 37.8. The Balaban J connectivity index is 0.0000000799. The van der Waals surface area contributed by atoms with E-state index in [4.69, 9.17) is 9.97 Å². The zero-order valence-corrected chi connectivity index (χ0v) is 78.7. The Morgan fingerprint density at radius 3 is 0.816 bits per heavy atom. The van der Waals surface area contributed by atoms with Crippen molar-refractivity contribution < 1.29 is 0 Å². The maximum absolute atomic E-state index is 4.73. The standard InChI is InChI=1S/3C22H15N3.3C19H13N5/c1-2-9-17-15(7-1)16-8-3-6-12-20(16)25-21(17)18-10-4-5-11-19(18)24-14-13-23-22(24)25;1-2-9-17-15(7-1)16-8-3-5-11-19(16)25-20-12-6-4-10-18(20)21-23-13-14-24(21)22(17)25;1-2-9-17-15(7-1)16-8-3-4-10-18(16)25-20-12-6-5-11-19(20)24-14-13-23-22(24)21(17)25;1-3-7-15-13(5-1)22-11-9-20-18(22)17-19-21-10-12-23(19)14-6-2-4-8-16(14)24(15)17;1-3-7-15-13(5-1)17-20-9-11-22(17)19-23-12-10-21-18(23)14-6-2-4-8-16(14)24(15)19;1-3-7-15-13(5-1)17-14-6-2-4-8-16(14)23-12-10-21-19(23)24(17)18-20-9-11-22(15)18/h1-14,21H;1-14,22H;1-14,21H;1-12,17H;1-12,19H;1-12,17H. The van der Waals surface area contributed by atoms with Gasteiger partial charge in [-0.1, -0.05) is 255 Å². The van der Waals surface area contributed by atoms with Crippen LogP contribution in [0.5, 0.6) is 0 Å². The van der Waals surface area contributed by atoms with Crippen molar-refractivity contribution in [3.05, 3.63) is 526 Å². The van der Waals surface area contributed by atoms with Crippen molar-refractivity contribution in [1.82, 2.24) is 86.0 Å². The van der Waals surface area contributed by atoms with E-state index >= 15 is 0 Å². The molecule has 3 unspecified atom stereocenters. The van der Waals surface area contributed by atoms with E-state index in [1.807, 2.05) is 99.1 Å². The molecule has 24 heteroatoms. The fourth-order valence-electron chi connectivity index (χ4n) is 24.7. The average molecular weight is 1900 g/mol.